The second kappa shape index (κ2) is 11.8. The molecule has 0 bridgehead atoms. The van der Waals surface area contributed by atoms with Crippen molar-refractivity contribution in [2.75, 3.05) is 13.2 Å². The van der Waals surface area contributed by atoms with E-state index in [1.807, 2.05) is 0 Å². The van der Waals surface area contributed by atoms with Gasteiger partial charge in [0.25, 0.3) is 0 Å². The first-order valence-corrected chi connectivity index (χ1v) is 21.4. The zero-order chi connectivity index (χ0) is 30.2. The predicted molar refractivity (Wildman–Crippen MR) is 173 cm³/mol. The van der Waals surface area contributed by atoms with Gasteiger partial charge in [-0.2, -0.15) is 0 Å². The smallest absolute Gasteiger partial charge is 0.250 e. The van der Waals surface area contributed by atoms with E-state index >= 15 is 0 Å². The van der Waals surface area contributed by atoms with Crippen LogP contribution in [0, 0.1) is 0 Å². The molecular weight excluding hydrogens is 545 g/mol. The molecule has 2 heterocycles. The highest BCUT2D eigenvalue weighted by molar-refractivity contribution is 6.75. The van der Waals surface area contributed by atoms with Crippen LogP contribution in [-0.2, 0) is 25.8 Å². The van der Waals surface area contributed by atoms with Crippen molar-refractivity contribution in [1.82, 2.24) is 0 Å². The summed E-state index contributed by atoms with van der Waals surface area (Å²) in [5, 5.41) is 0.275. The molecule has 2 aliphatic heterocycles. The van der Waals surface area contributed by atoms with Crippen LogP contribution >= 0.6 is 0 Å². The van der Waals surface area contributed by atoms with Gasteiger partial charge in [-0.15, -0.1) is 0 Å². The van der Waals surface area contributed by atoms with E-state index < -0.39 is 28.2 Å². The topological polar surface area (TPSA) is 46.2 Å². The Morgan fingerprint density at radius 1 is 0.561 bits per heavy atom. The predicted octanol–water partition coefficient (Wildman–Crippen LogP) is 9.88. The van der Waals surface area contributed by atoms with Crippen LogP contribution in [0.1, 0.15) is 91.2 Å². The van der Waals surface area contributed by atoms with Crippen molar-refractivity contribution in [2.45, 2.75) is 128 Å². The highest BCUT2D eigenvalue weighted by Crippen LogP contribution is 2.48. The summed E-state index contributed by atoms with van der Waals surface area (Å²) < 4.78 is 33.4. The molecule has 0 radical (unpaired) electrons. The second-order valence-electron chi connectivity index (χ2n) is 15.0. The molecule has 41 heavy (non-hydrogen) atoms. The van der Waals surface area contributed by atoms with Gasteiger partial charge in [0.15, 0.2) is 11.6 Å². The Morgan fingerprint density at radius 3 is 1.17 bits per heavy atom. The number of hydrogen-bond acceptors (Lipinski definition) is 5. The molecule has 2 aromatic carbocycles. The molecule has 2 atom stereocenters. The quantitative estimate of drug-likeness (QED) is 0.283. The summed E-state index contributed by atoms with van der Waals surface area (Å²) in [7, 11) is -3.87. The van der Waals surface area contributed by atoms with Crippen LogP contribution in [0.4, 0.5) is 0 Å². The molecule has 2 aromatic rings. The van der Waals surface area contributed by atoms with Gasteiger partial charge in [-0.1, -0.05) is 65.8 Å². The van der Waals surface area contributed by atoms with Gasteiger partial charge in [0.1, 0.15) is 11.5 Å². The lowest BCUT2D eigenvalue weighted by molar-refractivity contribution is -0.392. The van der Waals surface area contributed by atoms with Crippen molar-refractivity contribution in [2.24, 2.45) is 0 Å². The second-order valence-corrected chi connectivity index (χ2v) is 24.4. The number of rotatable bonds is 8. The summed E-state index contributed by atoms with van der Waals surface area (Å²) in [6.45, 7) is 24.0. The van der Waals surface area contributed by atoms with Gasteiger partial charge in [0.2, 0.25) is 16.6 Å². The monoisotopic (exact) mass is 598 g/mol. The molecule has 2 aliphatic rings. The Bertz CT molecular complexity index is 1040. The highest BCUT2D eigenvalue weighted by Gasteiger charge is 2.48. The lowest BCUT2D eigenvalue weighted by atomic mass is 9.93. The number of hydrogen-bond donors (Lipinski definition) is 0. The zero-order valence-corrected chi connectivity index (χ0v) is 29.3. The van der Waals surface area contributed by atoms with E-state index in [2.05, 4.69) is 116 Å². The Hall–Kier alpha value is -1.65. The van der Waals surface area contributed by atoms with Crippen LogP contribution in [-0.4, -0.2) is 29.8 Å². The highest BCUT2D eigenvalue weighted by atomic mass is 28.4. The lowest BCUT2D eigenvalue weighted by Crippen LogP contribution is -2.47. The normalized spacial score (nSPS) is 24.6. The average molecular weight is 599 g/mol. The first-order valence-electron chi connectivity index (χ1n) is 15.6. The summed E-state index contributed by atoms with van der Waals surface area (Å²) in [6, 6.07) is 16.8. The van der Waals surface area contributed by atoms with E-state index in [0.29, 0.717) is 13.2 Å². The van der Waals surface area contributed by atoms with Crippen molar-refractivity contribution < 1.29 is 23.1 Å². The molecule has 0 aliphatic carbocycles. The lowest BCUT2D eigenvalue weighted by Gasteiger charge is -2.47. The average Bonchev–Trinajstić information content (AvgIpc) is 2.89. The molecule has 7 heteroatoms. The Kier molecular flexibility index (Phi) is 9.29. The van der Waals surface area contributed by atoms with Crippen LogP contribution in [0.3, 0.4) is 0 Å². The summed E-state index contributed by atoms with van der Waals surface area (Å²) in [4.78, 5) is 0. The summed E-state index contributed by atoms with van der Waals surface area (Å²) in [5.74, 6) is 0.0718. The van der Waals surface area contributed by atoms with Crippen molar-refractivity contribution >= 4 is 16.6 Å². The van der Waals surface area contributed by atoms with Gasteiger partial charge in [-0.3, -0.25) is 0 Å². The van der Waals surface area contributed by atoms with Gasteiger partial charge < -0.3 is 23.1 Å². The van der Waals surface area contributed by atoms with Crippen molar-refractivity contribution in [3.63, 3.8) is 0 Å². The SMILES string of the molecule is CC(C)(C)[Si](C)(C)Oc1ccc(C2(OC3(c4ccc(O[Si](C)(C)C(C)(C)C)cc4)CCCCO3)CCCCO2)cc1. The third-order valence-electron chi connectivity index (χ3n) is 9.75. The van der Waals surface area contributed by atoms with Gasteiger partial charge in [-0.25, -0.2) is 0 Å². The Balaban J connectivity index is 1.63. The minimum absolute atomic E-state index is 0.137. The molecule has 2 unspecified atom stereocenters. The summed E-state index contributed by atoms with van der Waals surface area (Å²) in [6.07, 6.45) is 5.71. The minimum Gasteiger partial charge on any atom is -0.544 e. The third kappa shape index (κ3) is 7.12. The van der Waals surface area contributed by atoms with E-state index in [-0.39, 0.29) is 10.1 Å². The maximum atomic E-state index is 7.16. The van der Waals surface area contributed by atoms with Crippen LogP contribution in [0.2, 0.25) is 36.3 Å². The molecule has 2 saturated heterocycles. The zero-order valence-electron chi connectivity index (χ0n) is 27.3. The largest absolute Gasteiger partial charge is 0.544 e. The Morgan fingerprint density at radius 2 is 0.902 bits per heavy atom. The van der Waals surface area contributed by atoms with E-state index in [1.165, 1.54) is 0 Å². The van der Waals surface area contributed by atoms with Crippen molar-refractivity contribution in [3.05, 3.63) is 59.7 Å². The minimum atomic E-state index is -1.93. The van der Waals surface area contributed by atoms with Gasteiger partial charge in [-0.05, 0) is 86.2 Å². The molecule has 228 valence electrons. The standard InChI is InChI=1S/C34H54O5Si2/c1-31(2,3)40(7,8)37-29-19-15-27(16-20-29)33(23-11-13-25-35-33)39-34(24-12-14-26-36-34)28-17-21-30(22-18-28)38-41(9,10)32(4,5)6/h15-22H,11-14,23-26H2,1-10H3. The third-order valence-corrected chi connectivity index (χ3v) is 18.5. The van der Waals surface area contributed by atoms with Crippen LogP contribution in [0.5, 0.6) is 11.5 Å². The van der Waals surface area contributed by atoms with Crippen molar-refractivity contribution in [1.29, 1.82) is 0 Å². The van der Waals surface area contributed by atoms with Gasteiger partial charge in [0, 0.05) is 24.0 Å². The molecule has 2 fully saturated rings. The Labute approximate surface area is 251 Å². The van der Waals surface area contributed by atoms with Crippen molar-refractivity contribution in [3.8, 4) is 11.5 Å². The molecular formula is C34H54O5Si2. The molecule has 0 amide bonds. The van der Waals surface area contributed by atoms with Gasteiger partial charge in [0.05, 0.1) is 13.2 Å². The first kappa shape index (κ1) is 32.3. The number of benzene rings is 2. The number of ether oxygens (including phenoxy) is 3. The van der Waals surface area contributed by atoms with Crippen LogP contribution in [0.15, 0.2) is 48.5 Å². The van der Waals surface area contributed by atoms with E-state index in [4.69, 9.17) is 23.1 Å². The molecule has 0 saturated carbocycles. The van der Waals surface area contributed by atoms with Gasteiger partial charge >= 0.3 is 0 Å². The summed E-state index contributed by atoms with van der Waals surface area (Å²) >= 11 is 0. The van der Waals surface area contributed by atoms with E-state index in [0.717, 1.165) is 61.2 Å². The molecule has 0 aromatic heterocycles. The maximum absolute atomic E-state index is 7.16. The van der Waals surface area contributed by atoms with Crippen LogP contribution < -0.4 is 8.85 Å². The van der Waals surface area contributed by atoms with E-state index in [1.54, 1.807) is 0 Å². The molecule has 4 rings (SSSR count). The van der Waals surface area contributed by atoms with Crippen LogP contribution in [0.25, 0.3) is 0 Å². The molecule has 0 N–H and O–H groups in total. The first-order chi connectivity index (χ1) is 19.0. The molecule has 5 nitrogen and oxygen atoms in total. The molecule has 0 spiro atoms. The fraction of sp³-hybridized carbons (Fsp3) is 0.647. The fourth-order valence-electron chi connectivity index (χ4n) is 4.99. The van der Waals surface area contributed by atoms with E-state index in [9.17, 15) is 0 Å². The fourth-order valence-corrected chi connectivity index (χ4v) is 7.05. The maximum Gasteiger partial charge on any atom is 0.250 e. The summed E-state index contributed by atoms with van der Waals surface area (Å²) in [5.41, 5.74) is 2.04.